The molecule has 0 bridgehead atoms. The summed E-state index contributed by atoms with van der Waals surface area (Å²) < 4.78 is 5.29. The predicted molar refractivity (Wildman–Crippen MR) is 78.4 cm³/mol. The van der Waals surface area contributed by atoms with Crippen LogP contribution < -0.4 is 0 Å². The third kappa shape index (κ3) is 4.45. The van der Waals surface area contributed by atoms with Crippen LogP contribution in [0.1, 0.15) is 57.8 Å². The lowest BCUT2D eigenvalue weighted by atomic mass is 9.89. The molecule has 1 aliphatic heterocycles. The minimum Gasteiger partial charge on any atom is -0.388 e. The highest BCUT2D eigenvalue weighted by Gasteiger charge is 2.33. The lowest BCUT2D eigenvalue weighted by molar-refractivity contribution is -0.141. The second kappa shape index (κ2) is 7.41. The molecule has 1 N–H and O–H groups in total. The maximum Gasteiger partial charge on any atom is 0.225 e. The van der Waals surface area contributed by atoms with Crippen LogP contribution >= 0.6 is 0 Å². The zero-order valence-electron chi connectivity index (χ0n) is 12.8. The number of rotatable bonds is 3. The largest absolute Gasteiger partial charge is 0.388 e. The molecule has 0 aromatic carbocycles. The third-order valence-electron chi connectivity index (χ3n) is 4.79. The molecule has 1 heterocycles. The summed E-state index contributed by atoms with van der Waals surface area (Å²) in [5, 5.41) is 10.5. The van der Waals surface area contributed by atoms with Crippen LogP contribution in [0, 0.1) is 5.92 Å². The maximum absolute atomic E-state index is 12.6. The van der Waals surface area contributed by atoms with Crippen LogP contribution in [-0.2, 0) is 9.53 Å². The Kier molecular flexibility index (Phi) is 5.85. The van der Waals surface area contributed by atoms with E-state index in [1.165, 1.54) is 32.1 Å². The average molecular weight is 283 g/mol. The van der Waals surface area contributed by atoms with Gasteiger partial charge in [0.05, 0.1) is 5.60 Å². The van der Waals surface area contributed by atoms with Crippen molar-refractivity contribution in [3.05, 3.63) is 0 Å². The van der Waals surface area contributed by atoms with E-state index in [0.29, 0.717) is 32.6 Å². The number of hydrogen-bond donors (Lipinski definition) is 1. The van der Waals surface area contributed by atoms with Crippen LogP contribution in [0.15, 0.2) is 0 Å². The summed E-state index contributed by atoms with van der Waals surface area (Å²) in [6, 6.07) is 0. The Morgan fingerprint density at radius 2 is 1.70 bits per heavy atom. The van der Waals surface area contributed by atoms with Gasteiger partial charge in [-0.2, -0.15) is 0 Å². The zero-order valence-corrected chi connectivity index (χ0v) is 12.8. The predicted octanol–water partition coefficient (Wildman–Crippen LogP) is 2.35. The molecule has 116 valence electrons. The van der Waals surface area contributed by atoms with Crippen LogP contribution in [0.4, 0.5) is 0 Å². The van der Waals surface area contributed by atoms with E-state index in [2.05, 4.69) is 0 Å². The minimum atomic E-state index is -0.746. The molecule has 0 unspecified atom stereocenters. The third-order valence-corrected chi connectivity index (χ3v) is 4.79. The summed E-state index contributed by atoms with van der Waals surface area (Å²) in [5.41, 5.74) is -0.746. The molecule has 1 saturated heterocycles. The molecule has 2 rings (SSSR count). The molecule has 1 amide bonds. The topological polar surface area (TPSA) is 49.8 Å². The second-order valence-electron chi connectivity index (χ2n) is 6.57. The molecule has 0 spiro atoms. The van der Waals surface area contributed by atoms with Crippen molar-refractivity contribution in [2.75, 3.05) is 26.8 Å². The van der Waals surface area contributed by atoms with Crippen LogP contribution in [0.5, 0.6) is 0 Å². The molecule has 0 aromatic rings. The van der Waals surface area contributed by atoms with Crippen molar-refractivity contribution >= 4 is 5.91 Å². The van der Waals surface area contributed by atoms with E-state index in [-0.39, 0.29) is 11.8 Å². The van der Waals surface area contributed by atoms with Crippen molar-refractivity contribution in [2.45, 2.75) is 63.4 Å². The molecule has 4 nitrogen and oxygen atoms in total. The van der Waals surface area contributed by atoms with Gasteiger partial charge in [0.2, 0.25) is 5.91 Å². The summed E-state index contributed by atoms with van der Waals surface area (Å²) >= 11 is 0. The Hall–Kier alpha value is -0.610. The Morgan fingerprint density at radius 1 is 1.15 bits per heavy atom. The van der Waals surface area contributed by atoms with Gasteiger partial charge in [0.15, 0.2) is 0 Å². The Bertz CT molecular complexity index is 305. The first-order valence-electron chi connectivity index (χ1n) is 8.16. The molecule has 20 heavy (non-hydrogen) atoms. The fourth-order valence-corrected chi connectivity index (χ4v) is 3.44. The van der Waals surface area contributed by atoms with Crippen molar-refractivity contribution in [1.29, 1.82) is 0 Å². The number of nitrogens with zero attached hydrogens (tertiary/aromatic N) is 1. The number of amides is 1. The smallest absolute Gasteiger partial charge is 0.225 e. The molecule has 1 aliphatic carbocycles. The summed E-state index contributed by atoms with van der Waals surface area (Å²) in [5.74, 6) is 0.399. The van der Waals surface area contributed by atoms with E-state index < -0.39 is 5.60 Å². The van der Waals surface area contributed by atoms with E-state index in [4.69, 9.17) is 4.74 Å². The zero-order chi connectivity index (χ0) is 14.4. The minimum absolute atomic E-state index is 0.170. The van der Waals surface area contributed by atoms with Gasteiger partial charge in [-0.15, -0.1) is 0 Å². The Balaban J connectivity index is 1.86. The normalized spacial score (nSPS) is 24.7. The Morgan fingerprint density at radius 3 is 2.30 bits per heavy atom. The van der Waals surface area contributed by atoms with Gasteiger partial charge in [0.1, 0.15) is 0 Å². The number of aliphatic hydroxyl groups is 1. The monoisotopic (exact) mass is 283 g/mol. The van der Waals surface area contributed by atoms with Gasteiger partial charge >= 0.3 is 0 Å². The fourth-order valence-electron chi connectivity index (χ4n) is 3.44. The standard InChI is InChI=1S/C16H29NO3/c1-17(13-16(19)9-11-20-12-10-16)15(18)14-7-5-3-2-4-6-8-14/h14,19H,2-13H2,1H3. The van der Waals surface area contributed by atoms with Crippen LogP contribution in [0.3, 0.4) is 0 Å². The fraction of sp³-hybridized carbons (Fsp3) is 0.938. The van der Waals surface area contributed by atoms with Gasteiger partial charge < -0.3 is 14.7 Å². The summed E-state index contributed by atoms with van der Waals surface area (Å²) in [4.78, 5) is 14.3. The summed E-state index contributed by atoms with van der Waals surface area (Å²) in [7, 11) is 1.84. The average Bonchev–Trinajstić information content (AvgIpc) is 2.38. The van der Waals surface area contributed by atoms with E-state index in [9.17, 15) is 9.90 Å². The molecule has 4 heteroatoms. The second-order valence-corrected chi connectivity index (χ2v) is 6.57. The number of carbonyl (C=O) groups is 1. The van der Waals surface area contributed by atoms with Crippen LogP contribution in [0.25, 0.3) is 0 Å². The number of hydrogen-bond acceptors (Lipinski definition) is 3. The highest BCUT2D eigenvalue weighted by Crippen LogP contribution is 2.26. The van der Waals surface area contributed by atoms with E-state index in [1.807, 2.05) is 7.05 Å². The summed E-state index contributed by atoms with van der Waals surface area (Å²) in [6.07, 6.45) is 9.48. The molecular formula is C16H29NO3. The van der Waals surface area contributed by atoms with Gasteiger partial charge in [0, 0.05) is 45.6 Å². The highest BCUT2D eigenvalue weighted by molar-refractivity contribution is 5.78. The van der Waals surface area contributed by atoms with Crippen LogP contribution in [-0.4, -0.2) is 48.3 Å². The van der Waals surface area contributed by atoms with Gasteiger partial charge in [-0.05, 0) is 12.8 Å². The molecule has 1 saturated carbocycles. The quantitative estimate of drug-likeness (QED) is 0.865. The van der Waals surface area contributed by atoms with Crippen molar-refractivity contribution in [2.24, 2.45) is 5.92 Å². The van der Waals surface area contributed by atoms with E-state index in [1.54, 1.807) is 4.90 Å². The van der Waals surface area contributed by atoms with Crippen molar-refractivity contribution in [3.63, 3.8) is 0 Å². The van der Waals surface area contributed by atoms with Crippen molar-refractivity contribution in [3.8, 4) is 0 Å². The maximum atomic E-state index is 12.6. The lowest BCUT2D eigenvalue weighted by Crippen LogP contribution is -2.48. The van der Waals surface area contributed by atoms with Gasteiger partial charge in [-0.1, -0.05) is 32.1 Å². The van der Waals surface area contributed by atoms with E-state index in [0.717, 1.165) is 12.8 Å². The van der Waals surface area contributed by atoms with Gasteiger partial charge in [-0.3, -0.25) is 4.79 Å². The molecule has 0 aromatic heterocycles. The summed E-state index contributed by atoms with van der Waals surface area (Å²) in [6.45, 7) is 1.65. The molecule has 0 atom stereocenters. The van der Waals surface area contributed by atoms with Gasteiger partial charge in [-0.25, -0.2) is 0 Å². The van der Waals surface area contributed by atoms with Crippen LogP contribution in [0.2, 0.25) is 0 Å². The molecule has 2 aliphatic rings. The first kappa shape index (κ1) is 15.8. The highest BCUT2D eigenvalue weighted by atomic mass is 16.5. The molecule has 0 radical (unpaired) electrons. The first-order valence-corrected chi connectivity index (χ1v) is 8.16. The molecule has 2 fully saturated rings. The number of ether oxygens (including phenoxy) is 1. The SMILES string of the molecule is CN(CC1(O)CCOCC1)C(=O)C1CCCCCCC1. The first-order chi connectivity index (χ1) is 9.61. The molecular weight excluding hydrogens is 254 g/mol. The number of likely N-dealkylation sites (N-methyl/N-ethyl adjacent to an activating group) is 1. The lowest BCUT2D eigenvalue weighted by Gasteiger charge is -2.36. The Labute approximate surface area is 122 Å². The van der Waals surface area contributed by atoms with Crippen molar-refractivity contribution < 1.29 is 14.6 Å². The van der Waals surface area contributed by atoms with Gasteiger partial charge in [0.25, 0.3) is 0 Å². The van der Waals surface area contributed by atoms with E-state index >= 15 is 0 Å². The number of carbonyl (C=O) groups excluding carboxylic acids is 1. The van der Waals surface area contributed by atoms with Crippen molar-refractivity contribution in [1.82, 2.24) is 4.90 Å².